The van der Waals surface area contributed by atoms with E-state index in [1.54, 1.807) is 0 Å². The summed E-state index contributed by atoms with van der Waals surface area (Å²) in [5, 5.41) is 35.1. The molecule has 21 nitrogen and oxygen atoms in total. The van der Waals surface area contributed by atoms with Gasteiger partial charge in [0, 0.05) is 56.5 Å². The Bertz CT molecular complexity index is 1360. The zero-order valence-electron chi connectivity index (χ0n) is 32.0. The fourth-order valence-electron chi connectivity index (χ4n) is 6.74. The Morgan fingerprint density at radius 1 is 0.737 bits per heavy atom. The number of carbonyl (C=O) groups excluding carboxylic acids is 4. The fourth-order valence-corrected chi connectivity index (χ4v) is 9.40. The first kappa shape index (κ1) is 49.5. The lowest BCUT2D eigenvalue weighted by Crippen LogP contribution is -2.60. The highest BCUT2D eigenvalue weighted by molar-refractivity contribution is 8.00. The summed E-state index contributed by atoms with van der Waals surface area (Å²) >= 11 is 1.88. The first-order chi connectivity index (χ1) is 27.1. The highest BCUT2D eigenvalue weighted by Gasteiger charge is 2.51. The van der Waals surface area contributed by atoms with Crippen LogP contribution in [-0.2, 0) is 42.0 Å². The number of fused-ring (bicyclic) bond motifs is 1. The molecule has 0 aromatic carbocycles. The number of aliphatic hydroxyl groups is 2. The van der Waals surface area contributed by atoms with Crippen LogP contribution in [0.3, 0.4) is 0 Å². The largest absolute Gasteiger partial charge is 0.470 e. The highest BCUT2D eigenvalue weighted by Crippen LogP contribution is 2.45. The van der Waals surface area contributed by atoms with Gasteiger partial charge in [0.05, 0.1) is 18.7 Å². The molecule has 3 fully saturated rings. The Hall–Kier alpha value is -1.91. The maximum absolute atomic E-state index is 12.2. The maximum atomic E-state index is 12.2. The summed E-state index contributed by atoms with van der Waals surface area (Å²) < 4.78 is 42.6. The van der Waals surface area contributed by atoms with Crippen molar-refractivity contribution in [1.82, 2.24) is 26.6 Å². The molecular weight excluding hydrogens is 816 g/mol. The number of rotatable bonds is 29. The van der Waals surface area contributed by atoms with Crippen LogP contribution in [0.15, 0.2) is 0 Å². The first-order valence-electron chi connectivity index (χ1n) is 19.6. The Balaban J connectivity index is 1.11. The minimum atomic E-state index is -5.22. The van der Waals surface area contributed by atoms with Gasteiger partial charge in [-0.2, -0.15) is 11.8 Å². The van der Waals surface area contributed by atoms with Crippen molar-refractivity contribution >= 4 is 51.2 Å². The Kier molecular flexibility index (Phi) is 22.3. The average molecular weight is 878 g/mol. The first-order valence-corrected chi connectivity index (χ1v) is 23.7. The molecule has 5 amide bonds. The lowest BCUT2D eigenvalue weighted by atomic mass is 9.99. The normalized spacial score (nSPS) is 26.0. The second-order valence-electron chi connectivity index (χ2n) is 14.3. The summed E-state index contributed by atoms with van der Waals surface area (Å²) in [6.45, 7) is 0.631. The van der Waals surface area contributed by atoms with Crippen molar-refractivity contribution in [3.8, 4) is 0 Å². The van der Waals surface area contributed by atoms with Gasteiger partial charge in [0.1, 0.15) is 24.4 Å². The van der Waals surface area contributed by atoms with E-state index in [4.69, 9.17) is 19.3 Å². The number of hydrogen-bond donors (Lipinski definition) is 11. The molecular formula is C33H61N5O16P2S. The molecule has 3 aliphatic rings. The van der Waals surface area contributed by atoms with Gasteiger partial charge in [-0.05, 0) is 57.8 Å². The summed E-state index contributed by atoms with van der Waals surface area (Å²) in [6.07, 6.45) is 1.23. The second kappa shape index (κ2) is 25.7. The van der Waals surface area contributed by atoms with Crippen molar-refractivity contribution in [2.45, 2.75) is 144 Å². The summed E-state index contributed by atoms with van der Waals surface area (Å²) in [4.78, 5) is 84.6. The van der Waals surface area contributed by atoms with Crippen molar-refractivity contribution < 1.29 is 76.6 Å². The molecule has 3 aliphatic heterocycles. The molecule has 6 unspecified atom stereocenters. The standard InChI is InChI=1S/C33H61N5O16P2S/c39-20-23-30(53-55(45,46)47)29(43)31(54-56(48,49)50)32(52-23)51-19-11-3-10-18-36-26(41)14-5-1-8-16-34-25(40)13-4-2-9-17-35-27(42)15-7-6-12-24-28-22(21-57-24)37-33(44)38-28/h22-24,28-32,39,43H,1-21H2,(H,34,40)(H,35,42)(H,36,41)(H2,37,38,44)(H2,45,46,47)(H2,48,49,50)/t22?,23?,24?,28?,29?,30-,31?,32+/m1/s1. The van der Waals surface area contributed by atoms with E-state index in [1.807, 2.05) is 11.8 Å². The molecule has 8 atom stereocenters. The monoisotopic (exact) mass is 877 g/mol. The molecule has 0 saturated carbocycles. The number of carbonyl (C=O) groups is 4. The highest BCUT2D eigenvalue weighted by atomic mass is 32.2. The number of nitrogens with one attached hydrogen (secondary N) is 5. The third kappa shape index (κ3) is 19.8. The van der Waals surface area contributed by atoms with Crippen LogP contribution in [0.1, 0.15) is 96.3 Å². The van der Waals surface area contributed by atoms with E-state index in [9.17, 15) is 48.3 Å². The van der Waals surface area contributed by atoms with Crippen LogP contribution in [-0.4, -0.2) is 140 Å². The molecule has 0 radical (unpaired) electrons. The SMILES string of the molecule is O=C(CCCCCNC(=O)CCCCCNC(=O)CCCCC1SCC2NC(=O)NC21)NCCCCCO[C@H]1OC(CO)[C@@H](OP(=O)(O)O)C(O)C1OP(=O)(O)O. The number of phosphoric ester groups is 2. The van der Waals surface area contributed by atoms with Gasteiger partial charge in [0.25, 0.3) is 0 Å². The van der Waals surface area contributed by atoms with Crippen molar-refractivity contribution in [3.63, 3.8) is 0 Å². The molecule has 3 heterocycles. The third-order valence-corrected chi connectivity index (χ3v) is 12.2. The van der Waals surface area contributed by atoms with Crippen LogP contribution in [0.25, 0.3) is 0 Å². The minimum absolute atomic E-state index is 0.0178. The summed E-state index contributed by atoms with van der Waals surface area (Å²) in [5.41, 5.74) is 0. The molecule has 57 heavy (non-hydrogen) atoms. The molecule has 0 aliphatic carbocycles. The Morgan fingerprint density at radius 3 is 1.77 bits per heavy atom. The van der Waals surface area contributed by atoms with Gasteiger partial charge in [-0.1, -0.05) is 19.3 Å². The average Bonchev–Trinajstić information content (AvgIpc) is 3.69. The zero-order chi connectivity index (χ0) is 41.8. The van der Waals surface area contributed by atoms with Crippen LogP contribution < -0.4 is 26.6 Å². The molecule has 0 aromatic rings. The summed E-state index contributed by atoms with van der Waals surface area (Å²) in [6, 6.07) is 0.322. The summed E-state index contributed by atoms with van der Waals surface area (Å²) in [5.74, 6) is 0.852. The maximum Gasteiger partial charge on any atom is 0.470 e. The molecule has 3 saturated heterocycles. The Labute approximate surface area is 336 Å². The van der Waals surface area contributed by atoms with E-state index in [2.05, 4.69) is 35.6 Å². The molecule has 0 aromatic heterocycles. The van der Waals surface area contributed by atoms with Gasteiger partial charge in [0.15, 0.2) is 6.29 Å². The topological polar surface area (TPSA) is 321 Å². The van der Waals surface area contributed by atoms with Gasteiger partial charge in [-0.25, -0.2) is 13.9 Å². The van der Waals surface area contributed by atoms with Gasteiger partial charge >= 0.3 is 21.7 Å². The number of thioether (sulfide) groups is 1. The predicted molar refractivity (Wildman–Crippen MR) is 205 cm³/mol. The van der Waals surface area contributed by atoms with E-state index in [1.165, 1.54) is 0 Å². The number of phosphoric acid groups is 2. The Morgan fingerprint density at radius 2 is 1.25 bits per heavy atom. The number of unbranched alkanes of at least 4 members (excludes halogenated alkanes) is 7. The molecule has 0 bridgehead atoms. The van der Waals surface area contributed by atoms with E-state index in [0.29, 0.717) is 69.8 Å². The van der Waals surface area contributed by atoms with E-state index in [-0.39, 0.29) is 42.4 Å². The minimum Gasteiger partial charge on any atom is -0.394 e. The number of aliphatic hydroxyl groups excluding tert-OH is 2. The van der Waals surface area contributed by atoms with E-state index < -0.39 is 53.0 Å². The lowest BCUT2D eigenvalue weighted by Gasteiger charge is -2.43. The van der Waals surface area contributed by atoms with Gasteiger partial charge in [-0.15, -0.1) is 0 Å². The number of hydrogen-bond acceptors (Lipinski definition) is 13. The lowest BCUT2D eigenvalue weighted by molar-refractivity contribution is -0.294. The van der Waals surface area contributed by atoms with Crippen LogP contribution in [0.2, 0.25) is 0 Å². The second-order valence-corrected chi connectivity index (χ2v) is 18.0. The van der Waals surface area contributed by atoms with Crippen molar-refractivity contribution in [1.29, 1.82) is 0 Å². The molecule has 3 rings (SSSR count). The van der Waals surface area contributed by atoms with Crippen LogP contribution in [0, 0.1) is 0 Å². The summed E-state index contributed by atoms with van der Waals surface area (Å²) in [7, 11) is -10.4. The number of amides is 5. The van der Waals surface area contributed by atoms with Crippen molar-refractivity contribution in [3.05, 3.63) is 0 Å². The zero-order valence-corrected chi connectivity index (χ0v) is 34.6. The molecule has 24 heteroatoms. The number of ether oxygens (including phenoxy) is 2. The van der Waals surface area contributed by atoms with E-state index >= 15 is 0 Å². The smallest absolute Gasteiger partial charge is 0.394 e. The third-order valence-electron chi connectivity index (χ3n) is 9.63. The van der Waals surface area contributed by atoms with Crippen LogP contribution in [0.5, 0.6) is 0 Å². The quantitative estimate of drug-likeness (QED) is 0.0275. The predicted octanol–water partition coefficient (Wildman–Crippen LogP) is 0.402. The van der Waals surface area contributed by atoms with Crippen molar-refractivity contribution in [2.75, 3.05) is 38.6 Å². The van der Waals surface area contributed by atoms with Gasteiger partial charge in [-0.3, -0.25) is 23.4 Å². The fraction of sp³-hybridized carbons (Fsp3) is 0.879. The molecule has 330 valence electrons. The molecule has 11 N–H and O–H groups in total. The van der Waals surface area contributed by atoms with E-state index in [0.717, 1.165) is 57.1 Å². The van der Waals surface area contributed by atoms with Crippen molar-refractivity contribution in [2.24, 2.45) is 0 Å². The number of urea groups is 1. The molecule has 0 spiro atoms. The van der Waals surface area contributed by atoms with Gasteiger partial charge in [0.2, 0.25) is 17.7 Å². The van der Waals surface area contributed by atoms with Crippen LogP contribution >= 0.6 is 27.4 Å². The van der Waals surface area contributed by atoms with Crippen LogP contribution in [0.4, 0.5) is 4.79 Å². The van der Waals surface area contributed by atoms with Gasteiger partial charge < -0.3 is 65.8 Å².